The Labute approximate surface area is 139 Å². The molecule has 2 aromatic carbocycles. The van der Waals surface area contributed by atoms with Gasteiger partial charge >= 0.3 is 0 Å². The summed E-state index contributed by atoms with van der Waals surface area (Å²) in [6.45, 7) is 3.90. The Hall–Kier alpha value is -1.81. The summed E-state index contributed by atoms with van der Waals surface area (Å²) < 4.78 is 1.05. The van der Waals surface area contributed by atoms with E-state index in [2.05, 4.69) is 39.4 Å². The van der Waals surface area contributed by atoms with Gasteiger partial charge in [-0.3, -0.25) is 4.79 Å². The van der Waals surface area contributed by atoms with Gasteiger partial charge in [0.05, 0.1) is 6.54 Å². The molecule has 1 N–H and O–H groups in total. The molecule has 1 aliphatic heterocycles. The molecule has 114 valence electrons. The molecule has 1 aliphatic rings. The molecule has 0 saturated carbocycles. The number of carbonyl (C=O) groups excluding carboxylic acids is 1. The molecule has 0 atom stereocenters. The number of nitrogens with one attached hydrogen (secondary N) is 1. The van der Waals surface area contributed by atoms with Crippen LogP contribution in [0.5, 0.6) is 0 Å². The van der Waals surface area contributed by atoms with Crippen LogP contribution in [-0.4, -0.2) is 23.9 Å². The number of fused-ring (bicyclic) bond motifs is 1. The van der Waals surface area contributed by atoms with E-state index in [1.54, 1.807) is 0 Å². The number of anilines is 1. The normalized spacial score (nSPS) is 13.6. The molecule has 0 fully saturated rings. The van der Waals surface area contributed by atoms with E-state index < -0.39 is 0 Å². The Morgan fingerprint density at radius 2 is 2.00 bits per heavy atom. The minimum Gasteiger partial charge on any atom is -0.376 e. The lowest BCUT2D eigenvalue weighted by Gasteiger charge is -2.29. The number of benzene rings is 2. The quantitative estimate of drug-likeness (QED) is 0.905. The summed E-state index contributed by atoms with van der Waals surface area (Å²) in [5.41, 5.74) is 4.77. The van der Waals surface area contributed by atoms with Crippen molar-refractivity contribution < 1.29 is 4.79 Å². The van der Waals surface area contributed by atoms with E-state index in [1.807, 2.05) is 36.1 Å². The van der Waals surface area contributed by atoms with Crippen LogP contribution in [0.15, 0.2) is 46.9 Å². The van der Waals surface area contributed by atoms with Gasteiger partial charge in [-0.15, -0.1) is 0 Å². The molecule has 0 spiro atoms. The van der Waals surface area contributed by atoms with Crippen LogP contribution in [0.3, 0.4) is 0 Å². The molecular formula is C18H19BrN2O. The van der Waals surface area contributed by atoms with Crippen molar-refractivity contribution in [2.75, 3.05) is 18.4 Å². The topological polar surface area (TPSA) is 32.3 Å². The lowest BCUT2D eigenvalue weighted by atomic mass is 10.00. The first kappa shape index (κ1) is 15.1. The Kier molecular flexibility index (Phi) is 4.48. The highest BCUT2D eigenvalue weighted by Crippen LogP contribution is 2.21. The van der Waals surface area contributed by atoms with E-state index in [1.165, 1.54) is 11.1 Å². The molecule has 1 amide bonds. The van der Waals surface area contributed by atoms with Crippen LogP contribution in [0, 0.1) is 6.92 Å². The predicted octanol–water partition coefficient (Wildman–Crippen LogP) is 3.75. The molecule has 3 rings (SSSR count). The van der Waals surface area contributed by atoms with E-state index in [-0.39, 0.29) is 5.91 Å². The Morgan fingerprint density at radius 3 is 2.77 bits per heavy atom. The van der Waals surface area contributed by atoms with Gasteiger partial charge in [0, 0.05) is 23.2 Å². The minimum atomic E-state index is 0.150. The fraction of sp³-hybridized carbons (Fsp3) is 0.278. The molecule has 1 heterocycles. The van der Waals surface area contributed by atoms with Crippen molar-refractivity contribution in [1.82, 2.24) is 4.90 Å². The van der Waals surface area contributed by atoms with Crippen LogP contribution in [0.4, 0.5) is 5.69 Å². The van der Waals surface area contributed by atoms with Crippen molar-refractivity contribution >= 4 is 27.5 Å². The van der Waals surface area contributed by atoms with Crippen molar-refractivity contribution in [2.24, 2.45) is 0 Å². The highest BCUT2D eigenvalue weighted by Gasteiger charge is 2.19. The van der Waals surface area contributed by atoms with Gasteiger partial charge in [-0.1, -0.05) is 40.2 Å². The second kappa shape index (κ2) is 6.53. The van der Waals surface area contributed by atoms with Crippen LogP contribution >= 0.6 is 15.9 Å². The second-order valence-electron chi connectivity index (χ2n) is 5.65. The zero-order chi connectivity index (χ0) is 15.5. The van der Waals surface area contributed by atoms with Crippen LogP contribution in [0.2, 0.25) is 0 Å². The smallest absolute Gasteiger partial charge is 0.242 e. The van der Waals surface area contributed by atoms with Crippen molar-refractivity contribution in [1.29, 1.82) is 0 Å². The maximum absolute atomic E-state index is 12.4. The maximum Gasteiger partial charge on any atom is 0.242 e. The molecule has 0 bridgehead atoms. The molecular weight excluding hydrogens is 340 g/mol. The van der Waals surface area contributed by atoms with E-state index in [4.69, 9.17) is 0 Å². The molecule has 4 heteroatoms. The van der Waals surface area contributed by atoms with E-state index in [0.717, 1.165) is 35.2 Å². The summed E-state index contributed by atoms with van der Waals surface area (Å²) in [5, 5.41) is 3.25. The van der Waals surface area contributed by atoms with Crippen molar-refractivity contribution in [3.8, 4) is 0 Å². The summed E-state index contributed by atoms with van der Waals surface area (Å²) in [4.78, 5) is 14.3. The highest BCUT2D eigenvalue weighted by atomic mass is 79.9. The standard InChI is InChI=1S/C18H19BrN2O/c1-13-10-16(19)6-7-17(13)20-11-18(22)21-9-8-14-4-2-3-5-15(14)12-21/h2-7,10,20H,8-9,11-12H2,1H3. The zero-order valence-corrected chi connectivity index (χ0v) is 14.2. The molecule has 0 radical (unpaired) electrons. The van der Waals surface area contributed by atoms with Gasteiger partial charge in [0.1, 0.15) is 0 Å². The summed E-state index contributed by atoms with van der Waals surface area (Å²) in [7, 11) is 0. The first-order valence-electron chi connectivity index (χ1n) is 7.48. The zero-order valence-electron chi connectivity index (χ0n) is 12.6. The van der Waals surface area contributed by atoms with Crippen molar-refractivity contribution in [3.63, 3.8) is 0 Å². The molecule has 0 aliphatic carbocycles. The first-order valence-corrected chi connectivity index (χ1v) is 8.27. The molecule has 3 nitrogen and oxygen atoms in total. The number of halogens is 1. The Morgan fingerprint density at radius 1 is 1.23 bits per heavy atom. The molecule has 0 saturated heterocycles. The molecule has 0 unspecified atom stereocenters. The van der Waals surface area contributed by atoms with E-state index >= 15 is 0 Å². The average molecular weight is 359 g/mol. The van der Waals surface area contributed by atoms with Gasteiger partial charge in [0.25, 0.3) is 0 Å². The van der Waals surface area contributed by atoms with Gasteiger partial charge < -0.3 is 10.2 Å². The number of aryl methyl sites for hydroxylation is 1. The third-order valence-corrected chi connectivity index (χ3v) is 4.60. The van der Waals surface area contributed by atoms with E-state index in [0.29, 0.717) is 6.54 Å². The fourth-order valence-electron chi connectivity index (χ4n) is 2.82. The summed E-state index contributed by atoms with van der Waals surface area (Å²) in [5.74, 6) is 0.150. The number of carbonyl (C=O) groups is 1. The van der Waals surface area contributed by atoms with Crippen molar-refractivity contribution in [2.45, 2.75) is 19.9 Å². The Bertz CT molecular complexity index is 699. The largest absolute Gasteiger partial charge is 0.376 e. The first-order chi connectivity index (χ1) is 10.6. The van der Waals surface area contributed by atoms with Gasteiger partial charge in [-0.25, -0.2) is 0 Å². The summed E-state index contributed by atoms with van der Waals surface area (Å²) in [6, 6.07) is 14.4. The Balaban J connectivity index is 1.61. The van der Waals surface area contributed by atoms with Crippen molar-refractivity contribution in [3.05, 3.63) is 63.6 Å². The van der Waals surface area contributed by atoms with Crippen LogP contribution in [0.1, 0.15) is 16.7 Å². The van der Waals surface area contributed by atoms with Gasteiger partial charge in [-0.2, -0.15) is 0 Å². The fourth-order valence-corrected chi connectivity index (χ4v) is 3.29. The van der Waals surface area contributed by atoms with E-state index in [9.17, 15) is 4.79 Å². The predicted molar refractivity (Wildman–Crippen MR) is 92.9 cm³/mol. The van der Waals surface area contributed by atoms with Crippen LogP contribution in [0.25, 0.3) is 0 Å². The van der Waals surface area contributed by atoms with Gasteiger partial charge in [-0.05, 0) is 48.2 Å². The van der Waals surface area contributed by atoms with Crippen LogP contribution in [-0.2, 0) is 17.8 Å². The number of amides is 1. The second-order valence-corrected chi connectivity index (χ2v) is 6.56. The molecule has 2 aromatic rings. The number of hydrogen-bond acceptors (Lipinski definition) is 2. The number of rotatable bonds is 3. The minimum absolute atomic E-state index is 0.150. The molecule has 0 aromatic heterocycles. The SMILES string of the molecule is Cc1cc(Br)ccc1NCC(=O)N1CCc2ccccc2C1. The summed E-state index contributed by atoms with van der Waals surface area (Å²) in [6.07, 6.45) is 0.944. The third kappa shape index (κ3) is 3.33. The summed E-state index contributed by atoms with van der Waals surface area (Å²) >= 11 is 3.45. The van der Waals surface area contributed by atoms with Crippen LogP contribution < -0.4 is 5.32 Å². The van der Waals surface area contributed by atoms with Gasteiger partial charge in [0.15, 0.2) is 0 Å². The number of hydrogen-bond donors (Lipinski definition) is 1. The highest BCUT2D eigenvalue weighted by molar-refractivity contribution is 9.10. The third-order valence-electron chi connectivity index (χ3n) is 4.10. The lowest BCUT2D eigenvalue weighted by molar-refractivity contribution is -0.130. The average Bonchev–Trinajstić information content (AvgIpc) is 2.53. The maximum atomic E-state index is 12.4. The lowest BCUT2D eigenvalue weighted by Crippen LogP contribution is -2.39. The molecule has 22 heavy (non-hydrogen) atoms. The number of nitrogens with zero attached hydrogens (tertiary/aromatic N) is 1. The monoisotopic (exact) mass is 358 g/mol. The van der Waals surface area contributed by atoms with Gasteiger partial charge in [0.2, 0.25) is 5.91 Å².